The van der Waals surface area contributed by atoms with Crippen molar-refractivity contribution in [3.05, 3.63) is 58.5 Å². The lowest BCUT2D eigenvalue weighted by Gasteiger charge is -2.12. The van der Waals surface area contributed by atoms with Crippen LogP contribution in [0.25, 0.3) is 21.5 Å². The maximum absolute atomic E-state index is 12.2. The van der Waals surface area contributed by atoms with Gasteiger partial charge >= 0.3 is 0 Å². The molecule has 0 unspecified atom stereocenters. The smallest absolute Gasteiger partial charge is 0.256 e. The summed E-state index contributed by atoms with van der Waals surface area (Å²) >= 11 is 1.44. The summed E-state index contributed by atoms with van der Waals surface area (Å²) in [6.07, 6.45) is 3.20. The molecule has 166 valence electrons. The molecule has 3 heterocycles. The fraction of sp³-hybridized carbons (Fsp3) is 0.273. The number of ether oxygens (including phenoxy) is 1. The number of fused-ring (bicyclic) bond motifs is 1. The van der Waals surface area contributed by atoms with Crippen LogP contribution in [0.2, 0.25) is 0 Å². The molecule has 3 aromatic heterocycles. The van der Waals surface area contributed by atoms with Crippen molar-refractivity contribution >= 4 is 27.3 Å². The first-order valence-electron chi connectivity index (χ1n) is 10.0. The van der Waals surface area contributed by atoms with Gasteiger partial charge in [-0.15, -0.1) is 21.5 Å². The summed E-state index contributed by atoms with van der Waals surface area (Å²) in [5.41, 5.74) is 3.16. The van der Waals surface area contributed by atoms with Gasteiger partial charge in [-0.05, 0) is 30.9 Å². The van der Waals surface area contributed by atoms with Crippen LogP contribution >= 0.6 is 11.3 Å². The van der Waals surface area contributed by atoms with Crippen molar-refractivity contribution in [2.75, 3.05) is 13.3 Å². The number of nitrogens with zero attached hydrogens (tertiary/aromatic N) is 4. The average molecular weight is 454 g/mol. The van der Waals surface area contributed by atoms with Crippen LogP contribution in [0.4, 0.5) is 0 Å². The van der Waals surface area contributed by atoms with Gasteiger partial charge in [-0.25, -0.2) is 0 Å². The molecule has 0 saturated heterocycles. The summed E-state index contributed by atoms with van der Waals surface area (Å²) in [6.45, 7) is 4.10. The third kappa shape index (κ3) is 4.20. The lowest BCUT2D eigenvalue weighted by atomic mass is 10.1. The van der Waals surface area contributed by atoms with E-state index in [9.17, 15) is 9.90 Å². The van der Waals surface area contributed by atoms with Crippen LogP contribution in [-0.2, 0) is 13.2 Å². The van der Waals surface area contributed by atoms with E-state index in [-0.39, 0.29) is 12.5 Å². The number of amides is 1. The second-order valence-electron chi connectivity index (χ2n) is 7.20. The molecule has 0 bridgehead atoms. The fourth-order valence-electron chi connectivity index (χ4n) is 3.45. The topological polar surface area (TPSA) is 122 Å². The lowest BCUT2D eigenvalue weighted by molar-refractivity contribution is 0.0911. The normalized spacial score (nSPS) is 11.1. The number of nitrogens with one attached hydrogen (secondary N) is 1. The minimum absolute atomic E-state index is 0.00131. The molecule has 0 spiro atoms. The monoisotopic (exact) mass is 453 g/mol. The van der Waals surface area contributed by atoms with Crippen molar-refractivity contribution < 1.29 is 19.7 Å². The molecule has 0 aliphatic rings. The second kappa shape index (κ2) is 9.43. The van der Waals surface area contributed by atoms with E-state index in [0.29, 0.717) is 30.3 Å². The highest BCUT2D eigenvalue weighted by atomic mass is 32.1. The van der Waals surface area contributed by atoms with Gasteiger partial charge in [-0.2, -0.15) is 0 Å². The Morgan fingerprint density at radius 3 is 2.84 bits per heavy atom. The van der Waals surface area contributed by atoms with E-state index < -0.39 is 6.73 Å². The van der Waals surface area contributed by atoms with Gasteiger partial charge in [-0.1, -0.05) is 12.1 Å². The number of aliphatic hydroxyl groups excluding tert-OH is 2. The van der Waals surface area contributed by atoms with Crippen LogP contribution in [0.1, 0.15) is 27.3 Å². The SMILES string of the molecule is Cc1ccc(-c2nnc(C)n2CCO)cc1OCc1csc2c(C(=O)NCO)cncc12. The molecule has 1 aromatic carbocycles. The minimum Gasteiger partial charge on any atom is -0.489 e. The van der Waals surface area contributed by atoms with Crippen LogP contribution in [0.5, 0.6) is 5.75 Å². The zero-order chi connectivity index (χ0) is 22.7. The van der Waals surface area contributed by atoms with E-state index in [0.717, 1.165) is 32.6 Å². The van der Waals surface area contributed by atoms with E-state index in [4.69, 9.17) is 9.84 Å². The number of benzene rings is 1. The number of rotatable bonds is 8. The molecule has 0 atom stereocenters. The third-order valence-electron chi connectivity index (χ3n) is 5.13. The molecular weight excluding hydrogens is 430 g/mol. The van der Waals surface area contributed by atoms with E-state index in [2.05, 4.69) is 20.5 Å². The van der Waals surface area contributed by atoms with Crippen LogP contribution in [0.3, 0.4) is 0 Å². The number of hydrogen-bond acceptors (Lipinski definition) is 8. The number of carbonyl (C=O) groups is 1. The first kappa shape index (κ1) is 21.9. The van der Waals surface area contributed by atoms with E-state index in [1.165, 1.54) is 17.5 Å². The summed E-state index contributed by atoms with van der Waals surface area (Å²) in [5, 5.41) is 31.9. The van der Waals surface area contributed by atoms with Crippen LogP contribution in [0, 0.1) is 13.8 Å². The Bertz CT molecular complexity index is 1270. The predicted molar refractivity (Wildman–Crippen MR) is 121 cm³/mol. The molecule has 0 fully saturated rings. The van der Waals surface area contributed by atoms with Gasteiger partial charge in [0.15, 0.2) is 5.82 Å². The van der Waals surface area contributed by atoms with Crippen molar-refractivity contribution in [1.29, 1.82) is 0 Å². The molecule has 3 N–H and O–H groups in total. The average Bonchev–Trinajstić information content (AvgIpc) is 3.37. The number of aromatic nitrogens is 4. The van der Waals surface area contributed by atoms with Gasteiger partial charge in [0.1, 0.15) is 24.9 Å². The Kier molecular flexibility index (Phi) is 6.45. The molecule has 9 nitrogen and oxygen atoms in total. The third-order valence-corrected chi connectivity index (χ3v) is 6.21. The van der Waals surface area contributed by atoms with Crippen molar-refractivity contribution in [3.8, 4) is 17.1 Å². The predicted octanol–water partition coefficient (Wildman–Crippen LogP) is 2.42. The largest absolute Gasteiger partial charge is 0.489 e. The highest BCUT2D eigenvalue weighted by Gasteiger charge is 2.16. The standard InChI is InChI=1S/C22H23N5O4S/c1-13-3-4-15(21-26-25-14(2)27(21)5-6-28)7-19(13)31-10-16-11-32-20-17(16)8-23-9-18(20)22(30)24-12-29/h3-4,7-9,11,28-29H,5-6,10,12H2,1-2H3,(H,24,30). The zero-order valence-corrected chi connectivity index (χ0v) is 18.5. The highest BCUT2D eigenvalue weighted by Crippen LogP contribution is 2.31. The van der Waals surface area contributed by atoms with Crippen LogP contribution in [-0.4, -0.2) is 49.2 Å². The molecule has 4 aromatic rings. The van der Waals surface area contributed by atoms with E-state index in [1.807, 2.05) is 42.0 Å². The van der Waals surface area contributed by atoms with Gasteiger partial charge in [0.2, 0.25) is 0 Å². The minimum atomic E-state index is -0.433. The van der Waals surface area contributed by atoms with Gasteiger partial charge in [-0.3, -0.25) is 9.78 Å². The first-order chi connectivity index (χ1) is 15.5. The maximum Gasteiger partial charge on any atom is 0.256 e. The Balaban J connectivity index is 1.60. The number of carbonyl (C=O) groups excluding carboxylic acids is 1. The van der Waals surface area contributed by atoms with Gasteiger partial charge < -0.3 is 24.8 Å². The van der Waals surface area contributed by atoms with E-state index in [1.54, 1.807) is 6.20 Å². The molecule has 4 rings (SSSR count). The summed E-state index contributed by atoms with van der Waals surface area (Å²) in [7, 11) is 0. The Labute approximate surface area is 188 Å². The summed E-state index contributed by atoms with van der Waals surface area (Å²) in [6, 6.07) is 5.83. The number of aryl methyl sites for hydroxylation is 2. The Morgan fingerprint density at radius 1 is 1.22 bits per heavy atom. The van der Waals surface area contributed by atoms with Gasteiger partial charge in [0.05, 0.1) is 16.9 Å². The summed E-state index contributed by atoms with van der Waals surface area (Å²) in [5.74, 6) is 1.74. The molecular formula is C22H23N5O4S. The lowest BCUT2D eigenvalue weighted by Crippen LogP contribution is -2.24. The van der Waals surface area contributed by atoms with Crippen molar-refractivity contribution in [3.63, 3.8) is 0 Å². The van der Waals surface area contributed by atoms with Crippen molar-refractivity contribution in [2.45, 2.75) is 27.0 Å². The Morgan fingerprint density at radius 2 is 2.06 bits per heavy atom. The number of pyridine rings is 1. The molecule has 10 heteroatoms. The maximum atomic E-state index is 12.2. The van der Waals surface area contributed by atoms with Crippen LogP contribution in [0.15, 0.2) is 36.0 Å². The first-order valence-corrected chi connectivity index (χ1v) is 10.9. The van der Waals surface area contributed by atoms with Crippen LogP contribution < -0.4 is 10.1 Å². The number of hydrogen-bond donors (Lipinski definition) is 3. The van der Waals surface area contributed by atoms with Crippen molar-refractivity contribution in [1.82, 2.24) is 25.1 Å². The fourth-order valence-corrected chi connectivity index (χ4v) is 4.49. The highest BCUT2D eigenvalue weighted by molar-refractivity contribution is 7.17. The molecule has 0 radical (unpaired) electrons. The number of thiophene rings is 1. The second-order valence-corrected chi connectivity index (χ2v) is 8.08. The van der Waals surface area contributed by atoms with Gasteiger partial charge in [0, 0.05) is 35.5 Å². The molecule has 0 saturated carbocycles. The molecule has 0 aliphatic heterocycles. The summed E-state index contributed by atoms with van der Waals surface area (Å²) < 4.78 is 8.80. The Hall–Kier alpha value is -3.34. The van der Waals surface area contributed by atoms with Gasteiger partial charge in [0.25, 0.3) is 5.91 Å². The zero-order valence-electron chi connectivity index (χ0n) is 17.7. The summed E-state index contributed by atoms with van der Waals surface area (Å²) in [4.78, 5) is 16.4. The molecule has 0 aliphatic carbocycles. The molecule has 32 heavy (non-hydrogen) atoms. The van der Waals surface area contributed by atoms with E-state index >= 15 is 0 Å². The molecule has 1 amide bonds. The quantitative estimate of drug-likeness (QED) is 0.350. The number of aliphatic hydroxyl groups is 2. The van der Waals surface area contributed by atoms with Crippen molar-refractivity contribution in [2.24, 2.45) is 0 Å².